The zero-order valence-electron chi connectivity index (χ0n) is 16.1. The second kappa shape index (κ2) is 7.79. The monoisotopic (exact) mass is 348 g/mol. The quantitative estimate of drug-likeness (QED) is 0.885. The zero-order valence-corrected chi connectivity index (χ0v) is 16.1. The van der Waals surface area contributed by atoms with Gasteiger partial charge in [-0.05, 0) is 59.4 Å². The molecule has 1 saturated carbocycles. The fourth-order valence-electron chi connectivity index (χ4n) is 3.27. The Balaban J connectivity index is 1.75. The van der Waals surface area contributed by atoms with Crippen molar-refractivity contribution >= 4 is 23.5 Å². The van der Waals surface area contributed by atoms with E-state index in [1.165, 1.54) is 11.4 Å². The van der Waals surface area contributed by atoms with Crippen LogP contribution in [0.1, 0.15) is 24.0 Å². The Labute approximate surface area is 156 Å². The maximum absolute atomic E-state index is 10.7. The number of anilines is 2. The van der Waals surface area contributed by atoms with E-state index in [9.17, 15) is 5.11 Å². The number of aliphatic hydroxyl groups is 1. The lowest BCUT2D eigenvalue weighted by atomic mass is 10.0. The summed E-state index contributed by atoms with van der Waals surface area (Å²) in [5.74, 6) is 0. The zero-order chi connectivity index (χ0) is 18.7. The van der Waals surface area contributed by atoms with E-state index in [2.05, 4.69) is 70.5 Å². The van der Waals surface area contributed by atoms with Crippen LogP contribution in [0.3, 0.4) is 0 Å². The highest BCUT2D eigenvalue weighted by molar-refractivity contribution is 5.64. The molecule has 2 aromatic carbocycles. The molecule has 26 heavy (non-hydrogen) atoms. The number of rotatable bonds is 4. The summed E-state index contributed by atoms with van der Waals surface area (Å²) in [5, 5.41) is 10.7. The number of aliphatic hydroxyl groups excluding tert-OH is 1. The van der Waals surface area contributed by atoms with Crippen molar-refractivity contribution in [3.63, 3.8) is 0 Å². The van der Waals surface area contributed by atoms with Crippen LogP contribution in [-0.4, -0.2) is 39.4 Å². The third-order valence-corrected chi connectivity index (χ3v) is 4.93. The predicted molar refractivity (Wildman–Crippen MR) is 113 cm³/mol. The van der Waals surface area contributed by atoms with E-state index in [0.717, 1.165) is 35.1 Å². The van der Waals surface area contributed by atoms with Crippen molar-refractivity contribution in [2.24, 2.45) is 0 Å². The molecule has 0 saturated heterocycles. The number of hydrogen-bond acceptors (Lipinski definition) is 3. The first-order valence-corrected chi connectivity index (χ1v) is 9.08. The lowest BCUT2D eigenvalue weighted by Gasteiger charge is -2.13. The van der Waals surface area contributed by atoms with Crippen molar-refractivity contribution < 1.29 is 5.11 Å². The smallest absolute Gasteiger partial charge is 0.0967 e. The van der Waals surface area contributed by atoms with Gasteiger partial charge in [-0.1, -0.05) is 36.4 Å². The Morgan fingerprint density at radius 2 is 1.04 bits per heavy atom. The highest BCUT2D eigenvalue weighted by Gasteiger charge is 2.23. The van der Waals surface area contributed by atoms with Gasteiger partial charge in [-0.3, -0.25) is 0 Å². The molecule has 0 aromatic heterocycles. The fraction of sp³-hybridized carbons (Fsp3) is 0.304. The van der Waals surface area contributed by atoms with Crippen LogP contribution in [0.4, 0.5) is 11.4 Å². The van der Waals surface area contributed by atoms with Gasteiger partial charge in [-0.25, -0.2) is 0 Å². The predicted octanol–water partition coefficient (Wildman–Crippen LogP) is 4.44. The van der Waals surface area contributed by atoms with Crippen LogP contribution >= 0.6 is 0 Å². The molecule has 3 nitrogen and oxygen atoms in total. The van der Waals surface area contributed by atoms with Crippen LogP contribution in [0, 0.1) is 0 Å². The van der Waals surface area contributed by atoms with Crippen molar-refractivity contribution in [1.29, 1.82) is 0 Å². The van der Waals surface area contributed by atoms with Gasteiger partial charge in [0.25, 0.3) is 0 Å². The van der Waals surface area contributed by atoms with Crippen LogP contribution < -0.4 is 9.80 Å². The lowest BCUT2D eigenvalue weighted by Crippen LogP contribution is -2.08. The molecular formula is C23H28N2O. The molecule has 3 rings (SSSR count). The van der Waals surface area contributed by atoms with Crippen molar-refractivity contribution in [2.45, 2.75) is 18.9 Å². The van der Waals surface area contributed by atoms with Crippen molar-refractivity contribution in [3.8, 4) is 0 Å². The SMILES string of the molecule is CN(C)c1ccc(/C=C2\CC/C(=C\c3ccc(N(C)C)cc3)C2O)cc1. The summed E-state index contributed by atoms with van der Waals surface area (Å²) in [7, 11) is 8.15. The van der Waals surface area contributed by atoms with Gasteiger partial charge in [0.15, 0.2) is 0 Å². The van der Waals surface area contributed by atoms with E-state index >= 15 is 0 Å². The van der Waals surface area contributed by atoms with Gasteiger partial charge in [-0.15, -0.1) is 0 Å². The first-order valence-electron chi connectivity index (χ1n) is 9.08. The Bertz CT molecular complexity index is 730. The molecule has 1 aliphatic rings. The maximum atomic E-state index is 10.7. The molecule has 0 unspecified atom stereocenters. The van der Waals surface area contributed by atoms with Crippen molar-refractivity contribution in [3.05, 3.63) is 70.8 Å². The number of nitrogens with zero attached hydrogens (tertiary/aromatic N) is 2. The second-order valence-corrected chi connectivity index (χ2v) is 7.31. The number of benzene rings is 2. The molecule has 1 N–H and O–H groups in total. The average Bonchev–Trinajstić information content (AvgIpc) is 2.96. The minimum absolute atomic E-state index is 0.475. The highest BCUT2D eigenvalue weighted by Crippen LogP contribution is 2.33. The summed E-state index contributed by atoms with van der Waals surface area (Å²) in [6.45, 7) is 0. The highest BCUT2D eigenvalue weighted by atomic mass is 16.3. The molecule has 3 heteroatoms. The van der Waals surface area contributed by atoms with E-state index in [-0.39, 0.29) is 0 Å². The first kappa shape index (κ1) is 18.3. The summed E-state index contributed by atoms with van der Waals surface area (Å²) in [6.07, 6.45) is 5.61. The molecular weight excluding hydrogens is 320 g/mol. The molecule has 0 amide bonds. The standard InChI is InChI=1S/C23H28N2O/c1-24(2)21-11-5-17(6-12-21)15-19-9-10-20(23(19)26)16-18-7-13-22(14-8-18)25(3)4/h5-8,11-16,23,26H,9-10H2,1-4H3/b19-15+,20-16+. The Hall–Kier alpha value is -2.52. The van der Waals surface area contributed by atoms with Gasteiger partial charge in [0.05, 0.1) is 6.10 Å². The van der Waals surface area contributed by atoms with E-state index in [1.54, 1.807) is 0 Å². The van der Waals surface area contributed by atoms with Gasteiger partial charge < -0.3 is 14.9 Å². The Kier molecular flexibility index (Phi) is 5.48. The molecule has 1 aliphatic carbocycles. The third-order valence-electron chi connectivity index (χ3n) is 4.93. The number of hydrogen-bond donors (Lipinski definition) is 1. The molecule has 1 fully saturated rings. The van der Waals surface area contributed by atoms with Crippen LogP contribution in [-0.2, 0) is 0 Å². The van der Waals surface area contributed by atoms with Crippen LogP contribution in [0.25, 0.3) is 12.2 Å². The summed E-state index contributed by atoms with van der Waals surface area (Å²) in [6, 6.07) is 16.9. The lowest BCUT2D eigenvalue weighted by molar-refractivity contribution is 0.257. The van der Waals surface area contributed by atoms with Crippen LogP contribution in [0.15, 0.2) is 59.7 Å². The topological polar surface area (TPSA) is 26.7 Å². The summed E-state index contributed by atoms with van der Waals surface area (Å²) >= 11 is 0. The molecule has 0 aliphatic heterocycles. The summed E-state index contributed by atoms with van der Waals surface area (Å²) in [5.41, 5.74) is 6.83. The molecule has 0 radical (unpaired) electrons. The maximum Gasteiger partial charge on any atom is 0.0967 e. The Morgan fingerprint density at radius 1 is 0.692 bits per heavy atom. The first-order chi connectivity index (χ1) is 12.4. The van der Waals surface area contributed by atoms with Gasteiger partial charge in [0, 0.05) is 39.6 Å². The average molecular weight is 348 g/mol. The molecule has 136 valence electrons. The molecule has 2 aromatic rings. The van der Waals surface area contributed by atoms with E-state index in [1.807, 2.05) is 28.2 Å². The summed E-state index contributed by atoms with van der Waals surface area (Å²) in [4.78, 5) is 4.17. The van der Waals surface area contributed by atoms with Crippen molar-refractivity contribution in [2.75, 3.05) is 38.0 Å². The minimum Gasteiger partial charge on any atom is -0.384 e. The molecule has 0 spiro atoms. The van der Waals surface area contributed by atoms with Crippen LogP contribution in [0.5, 0.6) is 0 Å². The van der Waals surface area contributed by atoms with Gasteiger partial charge in [0.2, 0.25) is 0 Å². The van der Waals surface area contributed by atoms with Crippen molar-refractivity contribution in [1.82, 2.24) is 0 Å². The normalized spacial score (nSPS) is 17.9. The van der Waals surface area contributed by atoms with E-state index in [0.29, 0.717) is 0 Å². The largest absolute Gasteiger partial charge is 0.384 e. The molecule has 0 bridgehead atoms. The van der Waals surface area contributed by atoms with Crippen LogP contribution in [0.2, 0.25) is 0 Å². The van der Waals surface area contributed by atoms with Gasteiger partial charge in [-0.2, -0.15) is 0 Å². The van der Waals surface area contributed by atoms with E-state index < -0.39 is 6.10 Å². The molecule has 0 heterocycles. The van der Waals surface area contributed by atoms with Gasteiger partial charge >= 0.3 is 0 Å². The minimum atomic E-state index is -0.475. The molecule has 0 atom stereocenters. The fourth-order valence-corrected chi connectivity index (χ4v) is 3.27. The Morgan fingerprint density at radius 3 is 1.35 bits per heavy atom. The second-order valence-electron chi connectivity index (χ2n) is 7.31. The van der Waals surface area contributed by atoms with Gasteiger partial charge in [0.1, 0.15) is 0 Å². The van der Waals surface area contributed by atoms with E-state index in [4.69, 9.17) is 0 Å². The summed E-state index contributed by atoms with van der Waals surface area (Å²) < 4.78 is 0. The third kappa shape index (κ3) is 4.17.